The second-order valence-electron chi connectivity index (χ2n) is 4.64. The first kappa shape index (κ1) is 17.1. The van der Waals surface area contributed by atoms with E-state index >= 15 is 0 Å². The summed E-state index contributed by atoms with van der Waals surface area (Å²) in [5, 5.41) is 14.4. The predicted octanol–water partition coefficient (Wildman–Crippen LogP) is 3.61. The lowest BCUT2D eigenvalue weighted by molar-refractivity contribution is 0.225. The largest absolute Gasteiger partial charge is 0.394 e. The van der Waals surface area contributed by atoms with Crippen molar-refractivity contribution >= 4 is 23.3 Å². The third-order valence-electron chi connectivity index (χ3n) is 3.00. The van der Waals surface area contributed by atoms with Gasteiger partial charge in [-0.3, -0.25) is 0 Å². The number of anilines is 1. The number of nitrogens with one attached hydrogen (secondary N) is 2. The minimum Gasteiger partial charge on any atom is -0.394 e. The van der Waals surface area contributed by atoms with Crippen LogP contribution in [0, 0.1) is 17.5 Å². The minimum atomic E-state index is -1.62. The van der Waals surface area contributed by atoms with Crippen molar-refractivity contribution in [2.75, 3.05) is 11.9 Å². The lowest BCUT2D eigenvalue weighted by atomic mass is 10.1. The summed E-state index contributed by atoms with van der Waals surface area (Å²) < 4.78 is 39.0. The molecule has 8 heteroatoms. The molecular formula is C15H12ClF3N2O2. The van der Waals surface area contributed by atoms with Crippen LogP contribution in [-0.4, -0.2) is 17.7 Å². The van der Waals surface area contributed by atoms with E-state index in [1.165, 1.54) is 0 Å². The van der Waals surface area contributed by atoms with Crippen LogP contribution in [0.2, 0.25) is 5.02 Å². The third-order valence-corrected chi connectivity index (χ3v) is 3.25. The van der Waals surface area contributed by atoms with E-state index in [1.54, 1.807) is 24.3 Å². The van der Waals surface area contributed by atoms with Crippen molar-refractivity contribution in [2.45, 2.75) is 6.04 Å². The van der Waals surface area contributed by atoms with E-state index < -0.39 is 36.1 Å². The van der Waals surface area contributed by atoms with Crippen LogP contribution in [-0.2, 0) is 0 Å². The van der Waals surface area contributed by atoms with Gasteiger partial charge < -0.3 is 15.7 Å². The van der Waals surface area contributed by atoms with E-state index in [1.807, 2.05) is 0 Å². The number of carbonyl (C=O) groups is 1. The molecule has 0 saturated heterocycles. The summed E-state index contributed by atoms with van der Waals surface area (Å²) in [6.45, 7) is -0.402. The molecule has 0 bridgehead atoms. The van der Waals surface area contributed by atoms with Gasteiger partial charge >= 0.3 is 6.03 Å². The summed E-state index contributed by atoms with van der Waals surface area (Å²) in [7, 11) is 0. The van der Waals surface area contributed by atoms with Gasteiger partial charge in [-0.2, -0.15) is 0 Å². The van der Waals surface area contributed by atoms with Gasteiger partial charge in [0.2, 0.25) is 0 Å². The first-order valence-corrected chi connectivity index (χ1v) is 6.87. The maximum absolute atomic E-state index is 13.1. The summed E-state index contributed by atoms with van der Waals surface area (Å²) in [6.07, 6.45) is 0. The zero-order valence-electron chi connectivity index (χ0n) is 11.6. The third kappa shape index (κ3) is 4.37. The summed E-state index contributed by atoms with van der Waals surface area (Å²) in [6, 6.07) is 6.13. The molecule has 4 nitrogen and oxygen atoms in total. The van der Waals surface area contributed by atoms with Crippen LogP contribution in [0.4, 0.5) is 23.7 Å². The van der Waals surface area contributed by atoms with Crippen molar-refractivity contribution < 1.29 is 23.1 Å². The zero-order valence-corrected chi connectivity index (χ0v) is 12.4. The Morgan fingerprint density at radius 1 is 1.13 bits per heavy atom. The fraction of sp³-hybridized carbons (Fsp3) is 0.133. The van der Waals surface area contributed by atoms with E-state index in [0.29, 0.717) is 22.7 Å². The first-order chi connectivity index (χ1) is 10.9. The van der Waals surface area contributed by atoms with E-state index in [-0.39, 0.29) is 5.69 Å². The number of hydrogen-bond acceptors (Lipinski definition) is 2. The van der Waals surface area contributed by atoms with Crippen molar-refractivity contribution in [3.63, 3.8) is 0 Å². The molecule has 0 aromatic heterocycles. The molecule has 23 heavy (non-hydrogen) atoms. The molecule has 0 fully saturated rings. The smallest absolute Gasteiger partial charge is 0.319 e. The highest BCUT2D eigenvalue weighted by Gasteiger charge is 2.16. The summed E-state index contributed by atoms with van der Waals surface area (Å²) >= 11 is 5.75. The lowest BCUT2D eigenvalue weighted by Gasteiger charge is -2.17. The number of halogens is 4. The Hall–Kier alpha value is -2.25. The summed E-state index contributed by atoms with van der Waals surface area (Å²) in [5.41, 5.74) is 0.329. The average Bonchev–Trinajstić information content (AvgIpc) is 2.51. The molecule has 2 amide bonds. The van der Waals surface area contributed by atoms with Gasteiger partial charge in [0.25, 0.3) is 0 Å². The molecule has 1 atom stereocenters. The van der Waals surface area contributed by atoms with Crippen LogP contribution < -0.4 is 10.6 Å². The van der Waals surface area contributed by atoms with Gasteiger partial charge in [0.05, 0.1) is 12.6 Å². The van der Waals surface area contributed by atoms with Crippen molar-refractivity contribution in [1.29, 1.82) is 0 Å². The Kier molecular flexibility index (Phi) is 5.46. The molecule has 0 aliphatic carbocycles. The highest BCUT2D eigenvalue weighted by Crippen LogP contribution is 2.19. The van der Waals surface area contributed by atoms with E-state index in [4.69, 9.17) is 11.6 Å². The molecule has 3 N–H and O–H groups in total. The van der Waals surface area contributed by atoms with E-state index in [0.717, 1.165) is 0 Å². The number of benzene rings is 2. The van der Waals surface area contributed by atoms with Gasteiger partial charge in [0.15, 0.2) is 17.5 Å². The highest BCUT2D eigenvalue weighted by molar-refractivity contribution is 6.30. The Labute approximate surface area is 134 Å². The maximum Gasteiger partial charge on any atom is 0.319 e. The number of aliphatic hydroxyl groups is 1. The second-order valence-corrected chi connectivity index (χ2v) is 5.08. The standard InChI is InChI=1S/C15H12ClF3N2O2/c16-9-3-1-8(2-4-9)13(7-22)21-15(23)20-10-5-11(17)14(19)12(18)6-10/h1-6,13,22H,7H2,(H2,20,21,23). The number of amides is 2. The number of hydrogen-bond donors (Lipinski definition) is 3. The van der Waals surface area contributed by atoms with Gasteiger partial charge in [-0.25, -0.2) is 18.0 Å². The molecule has 0 aliphatic heterocycles. The summed E-state index contributed by atoms with van der Waals surface area (Å²) in [5.74, 6) is -4.46. The topological polar surface area (TPSA) is 61.4 Å². The fourth-order valence-corrected chi connectivity index (χ4v) is 2.01. The Bertz CT molecular complexity index is 687. The molecule has 0 heterocycles. The SMILES string of the molecule is O=C(Nc1cc(F)c(F)c(F)c1)NC(CO)c1ccc(Cl)cc1. The second kappa shape index (κ2) is 7.34. The molecule has 0 radical (unpaired) electrons. The number of aliphatic hydroxyl groups excluding tert-OH is 1. The number of rotatable bonds is 4. The predicted molar refractivity (Wildman–Crippen MR) is 79.7 cm³/mol. The molecule has 0 spiro atoms. The van der Waals surface area contributed by atoms with Crippen LogP contribution in [0.5, 0.6) is 0 Å². The van der Waals surface area contributed by atoms with Gasteiger partial charge in [0, 0.05) is 22.8 Å². The quantitative estimate of drug-likeness (QED) is 0.742. The van der Waals surface area contributed by atoms with Crippen molar-refractivity contribution in [1.82, 2.24) is 5.32 Å². The monoisotopic (exact) mass is 344 g/mol. The van der Waals surface area contributed by atoms with E-state index in [9.17, 15) is 23.1 Å². The zero-order chi connectivity index (χ0) is 17.0. The maximum atomic E-state index is 13.1. The van der Waals surface area contributed by atoms with Crippen molar-refractivity contribution in [3.05, 3.63) is 64.4 Å². The molecule has 2 rings (SSSR count). The van der Waals surface area contributed by atoms with Gasteiger partial charge in [-0.15, -0.1) is 0 Å². The normalized spacial score (nSPS) is 11.9. The van der Waals surface area contributed by atoms with Gasteiger partial charge in [-0.05, 0) is 17.7 Å². The van der Waals surface area contributed by atoms with Crippen molar-refractivity contribution in [2.24, 2.45) is 0 Å². The summed E-state index contributed by atoms with van der Waals surface area (Å²) in [4.78, 5) is 11.8. The van der Waals surface area contributed by atoms with Crippen LogP contribution in [0.25, 0.3) is 0 Å². The lowest BCUT2D eigenvalue weighted by Crippen LogP contribution is -2.34. The molecule has 122 valence electrons. The van der Waals surface area contributed by atoms with Crippen molar-refractivity contribution in [3.8, 4) is 0 Å². The highest BCUT2D eigenvalue weighted by atomic mass is 35.5. The molecule has 2 aromatic rings. The molecule has 1 unspecified atom stereocenters. The van der Waals surface area contributed by atoms with Crippen LogP contribution in [0.15, 0.2) is 36.4 Å². The molecular weight excluding hydrogens is 333 g/mol. The number of urea groups is 1. The number of carbonyl (C=O) groups excluding carboxylic acids is 1. The molecule has 2 aromatic carbocycles. The van der Waals surface area contributed by atoms with Gasteiger partial charge in [-0.1, -0.05) is 23.7 Å². The van der Waals surface area contributed by atoms with E-state index in [2.05, 4.69) is 10.6 Å². The Morgan fingerprint density at radius 3 is 2.22 bits per heavy atom. The minimum absolute atomic E-state index is 0.258. The molecule has 0 saturated carbocycles. The fourth-order valence-electron chi connectivity index (χ4n) is 1.88. The van der Waals surface area contributed by atoms with Crippen LogP contribution in [0.3, 0.4) is 0 Å². The van der Waals surface area contributed by atoms with Gasteiger partial charge in [0.1, 0.15) is 0 Å². The van der Waals surface area contributed by atoms with Crippen LogP contribution in [0.1, 0.15) is 11.6 Å². The Balaban J connectivity index is 2.07. The molecule has 0 aliphatic rings. The average molecular weight is 345 g/mol. The first-order valence-electron chi connectivity index (χ1n) is 6.49. The van der Waals surface area contributed by atoms with Crippen LogP contribution >= 0.6 is 11.6 Å². The Morgan fingerprint density at radius 2 is 1.70 bits per heavy atom.